The molecule has 0 aromatic heterocycles. The molecule has 0 bridgehead atoms. The first kappa shape index (κ1) is 23.8. The smallest absolute Gasteiger partial charge is 0.297 e. The summed E-state index contributed by atoms with van der Waals surface area (Å²) >= 11 is 0. The SMILES string of the molecule is O=S(=O)(OC[C@@H]1OCO[C@@H](COS(=O)(=O)c2ccccc2)C(O)C1O)c1ccccc1. The monoisotopic (exact) mass is 474 g/mol. The van der Waals surface area contributed by atoms with Gasteiger partial charge in [0.25, 0.3) is 20.2 Å². The Morgan fingerprint density at radius 2 is 1.06 bits per heavy atom. The molecule has 1 heterocycles. The summed E-state index contributed by atoms with van der Waals surface area (Å²) in [5.41, 5.74) is 0. The van der Waals surface area contributed by atoms with Crippen LogP contribution < -0.4 is 0 Å². The van der Waals surface area contributed by atoms with Crippen molar-refractivity contribution in [3.63, 3.8) is 0 Å². The summed E-state index contributed by atoms with van der Waals surface area (Å²) in [4.78, 5) is -0.153. The quantitative estimate of drug-likeness (QED) is 0.511. The molecule has 4 atom stereocenters. The highest BCUT2D eigenvalue weighted by Crippen LogP contribution is 2.20. The molecule has 2 aromatic rings. The first-order chi connectivity index (χ1) is 14.7. The standard InChI is InChI=1S/C19H22O10S2/c20-18-16(11-28-30(22,23)14-7-3-1-4-8-14)26-13-27-17(19(18)21)12-29-31(24,25)15-9-5-2-6-10-15/h1-10,16-21H,11-13H2/t16-,17-,18?,19?/m0/s1. The molecule has 1 aliphatic heterocycles. The van der Waals surface area contributed by atoms with E-state index in [1.807, 2.05) is 0 Å². The van der Waals surface area contributed by atoms with Crippen molar-refractivity contribution >= 4 is 20.2 Å². The molecule has 1 saturated heterocycles. The van der Waals surface area contributed by atoms with E-state index in [4.69, 9.17) is 17.8 Å². The van der Waals surface area contributed by atoms with Crippen LogP contribution in [0.1, 0.15) is 0 Å². The Balaban J connectivity index is 1.60. The molecule has 0 saturated carbocycles. The normalized spacial score (nSPS) is 25.1. The van der Waals surface area contributed by atoms with Crippen LogP contribution in [0.25, 0.3) is 0 Å². The van der Waals surface area contributed by atoms with Crippen LogP contribution in [0.2, 0.25) is 0 Å². The molecule has 12 heteroatoms. The van der Waals surface area contributed by atoms with E-state index < -0.39 is 64.7 Å². The van der Waals surface area contributed by atoms with Crippen LogP contribution in [-0.4, -0.2) is 71.5 Å². The maximum Gasteiger partial charge on any atom is 0.297 e. The highest BCUT2D eigenvalue weighted by atomic mass is 32.2. The Bertz CT molecular complexity index is 956. The molecule has 1 aliphatic rings. The van der Waals surface area contributed by atoms with Crippen LogP contribution in [0, 0.1) is 0 Å². The Hall–Kier alpha value is -1.90. The molecule has 10 nitrogen and oxygen atoms in total. The van der Waals surface area contributed by atoms with E-state index in [2.05, 4.69) is 0 Å². The highest BCUT2D eigenvalue weighted by molar-refractivity contribution is 7.87. The second-order valence-corrected chi connectivity index (χ2v) is 9.84. The minimum atomic E-state index is -4.10. The van der Waals surface area contributed by atoms with E-state index in [1.165, 1.54) is 48.5 Å². The third-order valence-electron chi connectivity index (χ3n) is 4.51. The molecule has 2 N–H and O–H groups in total. The Morgan fingerprint density at radius 1 is 0.710 bits per heavy atom. The van der Waals surface area contributed by atoms with Gasteiger partial charge in [0.2, 0.25) is 0 Å². The average molecular weight is 475 g/mol. The largest absolute Gasteiger partial charge is 0.387 e. The third kappa shape index (κ3) is 6.08. The van der Waals surface area contributed by atoms with Gasteiger partial charge in [-0.1, -0.05) is 36.4 Å². The van der Waals surface area contributed by atoms with Gasteiger partial charge in [0, 0.05) is 0 Å². The Labute approximate surface area is 180 Å². The van der Waals surface area contributed by atoms with Crippen molar-refractivity contribution < 1.29 is 44.9 Å². The van der Waals surface area contributed by atoms with E-state index in [-0.39, 0.29) is 9.79 Å². The van der Waals surface area contributed by atoms with Gasteiger partial charge in [-0.05, 0) is 24.3 Å². The van der Waals surface area contributed by atoms with Crippen molar-refractivity contribution in [3.8, 4) is 0 Å². The summed E-state index contributed by atoms with van der Waals surface area (Å²) in [5, 5.41) is 20.7. The van der Waals surface area contributed by atoms with E-state index >= 15 is 0 Å². The van der Waals surface area contributed by atoms with Crippen molar-refractivity contribution in [2.24, 2.45) is 0 Å². The third-order valence-corrected chi connectivity index (χ3v) is 7.11. The summed E-state index contributed by atoms with van der Waals surface area (Å²) in [7, 11) is -8.21. The van der Waals surface area contributed by atoms with Crippen molar-refractivity contribution in [2.75, 3.05) is 20.0 Å². The minimum Gasteiger partial charge on any atom is -0.387 e. The van der Waals surface area contributed by atoms with Crippen LogP contribution in [0.5, 0.6) is 0 Å². The Morgan fingerprint density at radius 3 is 1.42 bits per heavy atom. The van der Waals surface area contributed by atoms with Crippen LogP contribution in [-0.2, 0) is 38.1 Å². The number of aliphatic hydroxyl groups excluding tert-OH is 2. The van der Waals surface area contributed by atoms with Crippen molar-refractivity contribution in [1.29, 1.82) is 0 Å². The van der Waals surface area contributed by atoms with Gasteiger partial charge in [-0.15, -0.1) is 0 Å². The summed E-state index contributed by atoms with van der Waals surface area (Å²) in [6.45, 7) is -1.63. The Kier molecular flexibility index (Phi) is 7.78. The summed E-state index contributed by atoms with van der Waals surface area (Å²) < 4.78 is 69.2. The number of hydrogen-bond donors (Lipinski definition) is 2. The number of aliphatic hydroxyl groups is 2. The molecule has 3 rings (SSSR count). The summed E-state index contributed by atoms with van der Waals surface area (Å²) in [6, 6.07) is 14.8. The maximum absolute atomic E-state index is 12.2. The van der Waals surface area contributed by atoms with E-state index in [1.54, 1.807) is 12.1 Å². The van der Waals surface area contributed by atoms with Gasteiger partial charge >= 0.3 is 0 Å². The number of rotatable bonds is 8. The predicted octanol–water partition coefficient (Wildman–Crippen LogP) is 0.261. The molecule has 0 spiro atoms. The lowest BCUT2D eigenvalue weighted by molar-refractivity contribution is -0.119. The van der Waals surface area contributed by atoms with E-state index in [0.29, 0.717) is 0 Å². The number of ether oxygens (including phenoxy) is 2. The van der Waals surface area contributed by atoms with Crippen molar-refractivity contribution in [1.82, 2.24) is 0 Å². The van der Waals surface area contributed by atoms with Gasteiger partial charge in [0.15, 0.2) is 0 Å². The summed E-state index contributed by atoms with van der Waals surface area (Å²) in [6.07, 6.45) is -5.74. The average Bonchev–Trinajstić information content (AvgIpc) is 2.91. The van der Waals surface area contributed by atoms with Gasteiger partial charge in [0.05, 0.1) is 23.0 Å². The van der Waals surface area contributed by atoms with Gasteiger partial charge in [0.1, 0.15) is 31.2 Å². The first-order valence-electron chi connectivity index (χ1n) is 9.19. The van der Waals surface area contributed by atoms with Crippen molar-refractivity contribution in [3.05, 3.63) is 60.7 Å². The summed E-state index contributed by atoms with van der Waals surface area (Å²) in [5.74, 6) is 0. The zero-order chi connectivity index (χ0) is 22.5. The molecule has 31 heavy (non-hydrogen) atoms. The molecule has 0 amide bonds. The highest BCUT2D eigenvalue weighted by Gasteiger charge is 2.38. The maximum atomic E-state index is 12.2. The fourth-order valence-corrected chi connectivity index (χ4v) is 4.65. The fraction of sp³-hybridized carbons (Fsp3) is 0.368. The molecule has 2 unspecified atom stereocenters. The lowest BCUT2D eigenvalue weighted by Gasteiger charge is -2.25. The second-order valence-electron chi connectivity index (χ2n) is 6.61. The zero-order valence-electron chi connectivity index (χ0n) is 16.2. The van der Waals surface area contributed by atoms with Gasteiger partial charge in [-0.3, -0.25) is 8.37 Å². The topological polar surface area (TPSA) is 146 Å². The molecular weight excluding hydrogens is 452 g/mol. The minimum absolute atomic E-state index is 0.0766. The van der Waals surface area contributed by atoms with E-state index in [0.717, 1.165) is 0 Å². The molecule has 0 radical (unpaired) electrons. The number of benzene rings is 2. The zero-order valence-corrected chi connectivity index (χ0v) is 17.8. The van der Waals surface area contributed by atoms with Crippen LogP contribution in [0.15, 0.2) is 70.5 Å². The van der Waals surface area contributed by atoms with Crippen LogP contribution in [0.4, 0.5) is 0 Å². The van der Waals surface area contributed by atoms with Gasteiger partial charge in [-0.2, -0.15) is 16.8 Å². The molecule has 0 aliphatic carbocycles. The van der Waals surface area contributed by atoms with Crippen molar-refractivity contribution in [2.45, 2.75) is 34.2 Å². The van der Waals surface area contributed by atoms with Gasteiger partial charge in [-0.25, -0.2) is 0 Å². The first-order valence-corrected chi connectivity index (χ1v) is 12.0. The van der Waals surface area contributed by atoms with Crippen LogP contribution in [0.3, 0.4) is 0 Å². The fourth-order valence-electron chi connectivity index (χ4n) is 2.77. The lowest BCUT2D eigenvalue weighted by atomic mass is 10.0. The molecular formula is C19H22O10S2. The van der Waals surface area contributed by atoms with Crippen LogP contribution >= 0.6 is 0 Å². The molecule has 1 fully saturated rings. The molecule has 2 aromatic carbocycles. The van der Waals surface area contributed by atoms with E-state index in [9.17, 15) is 27.0 Å². The van der Waals surface area contributed by atoms with Gasteiger partial charge < -0.3 is 19.7 Å². The molecule has 170 valence electrons. The predicted molar refractivity (Wildman–Crippen MR) is 106 cm³/mol. The second kappa shape index (κ2) is 10.1. The lowest BCUT2D eigenvalue weighted by Crippen LogP contribution is -2.46. The number of hydrogen-bond acceptors (Lipinski definition) is 10.